The second-order valence-corrected chi connectivity index (χ2v) is 5.39. The largest absolute Gasteiger partial charge is 0.497 e. The second kappa shape index (κ2) is 6.92. The van der Waals surface area contributed by atoms with E-state index in [4.69, 9.17) is 4.74 Å². The van der Waals surface area contributed by atoms with E-state index in [0.717, 1.165) is 31.9 Å². The summed E-state index contributed by atoms with van der Waals surface area (Å²) < 4.78 is 5.37. The van der Waals surface area contributed by atoms with Crippen LogP contribution in [0, 0.1) is 5.92 Å². The number of hydrogen-bond donors (Lipinski definition) is 1. The topological polar surface area (TPSA) is 24.5 Å². The van der Waals surface area contributed by atoms with Gasteiger partial charge in [0, 0.05) is 32.2 Å². The van der Waals surface area contributed by atoms with E-state index in [2.05, 4.69) is 42.3 Å². The molecule has 106 valence electrons. The van der Waals surface area contributed by atoms with Gasteiger partial charge in [0.05, 0.1) is 7.11 Å². The SMILES string of the molecule is CCC(C)[C@@H](c1cccc(OC)c1)N1CCNCC1. The zero-order valence-corrected chi connectivity index (χ0v) is 12.4. The third-order valence-corrected chi connectivity index (χ3v) is 4.16. The van der Waals surface area contributed by atoms with Crippen molar-refractivity contribution in [1.82, 2.24) is 10.2 Å². The van der Waals surface area contributed by atoms with Gasteiger partial charge in [-0.15, -0.1) is 0 Å². The lowest BCUT2D eigenvalue weighted by Gasteiger charge is -2.38. The molecule has 1 aromatic rings. The Kier molecular flexibility index (Phi) is 5.23. The smallest absolute Gasteiger partial charge is 0.119 e. The summed E-state index contributed by atoms with van der Waals surface area (Å²) in [6, 6.07) is 9.06. The van der Waals surface area contributed by atoms with Crippen molar-refractivity contribution in [2.24, 2.45) is 5.92 Å². The van der Waals surface area contributed by atoms with E-state index in [-0.39, 0.29) is 0 Å². The van der Waals surface area contributed by atoms with Gasteiger partial charge in [0.2, 0.25) is 0 Å². The molecular formula is C16H26N2O. The van der Waals surface area contributed by atoms with Crippen LogP contribution in [0.2, 0.25) is 0 Å². The Morgan fingerprint density at radius 1 is 1.32 bits per heavy atom. The number of ether oxygens (including phenoxy) is 1. The zero-order valence-electron chi connectivity index (χ0n) is 12.4. The van der Waals surface area contributed by atoms with Gasteiger partial charge in [-0.1, -0.05) is 32.4 Å². The Morgan fingerprint density at radius 3 is 2.68 bits per heavy atom. The van der Waals surface area contributed by atoms with E-state index in [1.807, 2.05) is 6.07 Å². The van der Waals surface area contributed by atoms with Crippen molar-refractivity contribution < 1.29 is 4.74 Å². The Hall–Kier alpha value is -1.06. The normalized spacial score (nSPS) is 19.9. The molecule has 0 bridgehead atoms. The van der Waals surface area contributed by atoms with E-state index in [1.54, 1.807) is 7.11 Å². The number of rotatable bonds is 5. The molecule has 3 heteroatoms. The zero-order chi connectivity index (χ0) is 13.7. The van der Waals surface area contributed by atoms with Crippen LogP contribution in [0.4, 0.5) is 0 Å². The Morgan fingerprint density at radius 2 is 2.05 bits per heavy atom. The number of hydrogen-bond acceptors (Lipinski definition) is 3. The summed E-state index contributed by atoms with van der Waals surface area (Å²) in [7, 11) is 1.74. The summed E-state index contributed by atoms with van der Waals surface area (Å²) in [5.41, 5.74) is 1.38. The molecule has 1 aliphatic rings. The number of benzene rings is 1. The molecule has 1 unspecified atom stereocenters. The summed E-state index contributed by atoms with van der Waals surface area (Å²) in [4.78, 5) is 2.61. The molecule has 2 rings (SSSR count). The molecule has 1 heterocycles. The number of nitrogens with zero attached hydrogens (tertiary/aromatic N) is 1. The van der Waals surface area contributed by atoms with E-state index >= 15 is 0 Å². The van der Waals surface area contributed by atoms with Gasteiger partial charge in [-0.2, -0.15) is 0 Å². The average molecular weight is 262 g/mol. The van der Waals surface area contributed by atoms with Crippen molar-refractivity contribution in [3.63, 3.8) is 0 Å². The van der Waals surface area contributed by atoms with Crippen molar-refractivity contribution in [2.45, 2.75) is 26.3 Å². The highest BCUT2D eigenvalue weighted by atomic mass is 16.5. The summed E-state index contributed by atoms with van der Waals surface area (Å²) in [5, 5.41) is 3.43. The van der Waals surface area contributed by atoms with Crippen LogP contribution in [0.5, 0.6) is 5.75 Å². The summed E-state index contributed by atoms with van der Waals surface area (Å²) in [6.07, 6.45) is 1.20. The predicted octanol–water partition coefficient (Wildman–Crippen LogP) is 2.69. The van der Waals surface area contributed by atoms with Crippen molar-refractivity contribution in [3.05, 3.63) is 29.8 Å². The highest BCUT2D eigenvalue weighted by molar-refractivity contribution is 5.31. The molecule has 0 aliphatic carbocycles. The van der Waals surface area contributed by atoms with Gasteiger partial charge in [0.25, 0.3) is 0 Å². The molecular weight excluding hydrogens is 236 g/mol. The van der Waals surface area contributed by atoms with Crippen LogP contribution in [0.3, 0.4) is 0 Å². The molecule has 2 atom stereocenters. The summed E-state index contributed by atoms with van der Waals surface area (Å²) in [5.74, 6) is 1.62. The first-order valence-corrected chi connectivity index (χ1v) is 7.35. The molecule has 3 nitrogen and oxygen atoms in total. The molecule has 19 heavy (non-hydrogen) atoms. The van der Waals surface area contributed by atoms with Gasteiger partial charge in [-0.3, -0.25) is 4.90 Å². The van der Waals surface area contributed by atoms with Gasteiger partial charge in [0.1, 0.15) is 5.75 Å². The van der Waals surface area contributed by atoms with Crippen LogP contribution < -0.4 is 10.1 Å². The summed E-state index contributed by atoms with van der Waals surface area (Å²) >= 11 is 0. The van der Waals surface area contributed by atoms with Crippen LogP contribution in [0.15, 0.2) is 24.3 Å². The van der Waals surface area contributed by atoms with Crippen LogP contribution in [-0.2, 0) is 0 Å². The first-order valence-electron chi connectivity index (χ1n) is 7.35. The maximum Gasteiger partial charge on any atom is 0.119 e. The molecule has 1 saturated heterocycles. The van der Waals surface area contributed by atoms with Gasteiger partial charge >= 0.3 is 0 Å². The van der Waals surface area contributed by atoms with Gasteiger partial charge < -0.3 is 10.1 Å². The predicted molar refractivity (Wildman–Crippen MR) is 79.6 cm³/mol. The number of piperazine rings is 1. The quantitative estimate of drug-likeness (QED) is 0.883. The Balaban J connectivity index is 2.24. The number of methoxy groups -OCH3 is 1. The van der Waals surface area contributed by atoms with Crippen LogP contribution in [0.25, 0.3) is 0 Å². The summed E-state index contributed by atoms with van der Waals surface area (Å²) in [6.45, 7) is 9.08. The van der Waals surface area contributed by atoms with Crippen LogP contribution in [-0.4, -0.2) is 38.2 Å². The molecule has 0 aromatic heterocycles. The third kappa shape index (κ3) is 3.48. The van der Waals surface area contributed by atoms with Crippen molar-refractivity contribution in [2.75, 3.05) is 33.3 Å². The molecule has 0 amide bonds. The molecule has 1 fully saturated rings. The van der Waals surface area contributed by atoms with Crippen LogP contribution >= 0.6 is 0 Å². The van der Waals surface area contributed by atoms with E-state index in [1.165, 1.54) is 12.0 Å². The minimum atomic E-state index is 0.502. The maximum atomic E-state index is 5.37. The molecule has 0 spiro atoms. The first kappa shape index (κ1) is 14.4. The fraction of sp³-hybridized carbons (Fsp3) is 0.625. The Labute approximate surface area is 116 Å². The van der Waals surface area contributed by atoms with Crippen molar-refractivity contribution in [3.8, 4) is 5.75 Å². The van der Waals surface area contributed by atoms with Gasteiger partial charge in [-0.25, -0.2) is 0 Å². The fourth-order valence-electron chi connectivity index (χ4n) is 2.91. The molecule has 1 N–H and O–H groups in total. The molecule has 1 aliphatic heterocycles. The molecule has 1 aromatic carbocycles. The van der Waals surface area contributed by atoms with Gasteiger partial charge in [0.15, 0.2) is 0 Å². The lowest BCUT2D eigenvalue weighted by Crippen LogP contribution is -2.46. The highest BCUT2D eigenvalue weighted by Crippen LogP contribution is 2.32. The van der Waals surface area contributed by atoms with E-state index in [9.17, 15) is 0 Å². The third-order valence-electron chi connectivity index (χ3n) is 4.16. The van der Waals surface area contributed by atoms with E-state index in [0.29, 0.717) is 12.0 Å². The van der Waals surface area contributed by atoms with Crippen LogP contribution in [0.1, 0.15) is 31.9 Å². The van der Waals surface area contributed by atoms with Gasteiger partial charge in [-0.05, 0) is 23.6 Å². The average Bonchev–Trinajstić information content (AvgIpc) is 2.48. The molecule has 0 radical (unpaired) electrons. The minimum Gasteiger partial charge on any atom is -0.497 e. The first-order chi connectivity index (χ1) is 9.26. The Bertz CT molecular complexity index is 388. The maximum absolute atomic E-state index is 5.37. The minimum absolute atomic E-state index is 0.502. The molecule has 0 saturated carbocycles. The monoisotopic (exact) mass is 262 g/mol. The van der Waals surface area contributed by atoms with Crippen molar-refractivity contribution in [1.29, 1.82) is 0 Å². The van der Waals surface area contributed by atoms with Crippen molar-refractivity contribution >= 4 is 0 Å². The second-order valence-electron chi connectivity index (χ2n) is 5.39. The highest BCUT2D eigenvalue weighted by Gasteiger charge is 2.26. The lowest BCUT2D eigenvalue weighted by atomic mass is 9.90. The standard InChI is InChI=1S/C16H26N2O/c1-4-13(2)16(18-10-8-17-9-11-18)14-6-5-7-15(12-14)19-3/h5-7,12-13,16-17H,4,8-11H2,1-3H3/t13?,16-/m0/s1. The lowest BCUT2D eigenvalue weighted by molar-refractivity contribution is 0.128. The number of nitrogens with one attached hydrogen (secondary N) is 1. The fourth-order valence-corrected chi connectivity index (χ4v) is 2.91. The van der Waals surface area contributed by atoms with E-state index < -0.39 is 0 Å².